The number of hydrogen-bond donors (Lipinski definition) is 1. The Balaban J connectivity index is 1.72. The van der Waals surface area contributed by atoms with Crippen LogP contribution in [0.15, 0.2) is 28.8 Å². The number of halogens is 1. The van der Waals surface area contributed by atoms with Crippen LogP contribution >= 0.6 is 0 Å². The maximum absolute atomic E-state index is 13.2. The lowest BCUT2D eigenvalue weighted by Gasteiger charge is -2.17. The van der Waals surface area contributed by atoms with Crippen molar-refractivity contribution >= 4 is 0 Å². The minimum absolute atomic E-state index is 0.279. The van der Waals surface area contributed by atoms with Crippen LogP contribution < -0.4 is 5.73 Å². The molecule has 5 nitrogen and oxygen atoms in total. The van der Waals surface area contributed by atoms with Gasteiger partial charge in [0.15, 0.2) is 5.82 Å². The Morgan fingerprint density at radius 1 is 1.35 bits per heavy atom. The van der Waals surface area contributed by atoms with Crippen molar-refractivity contribution in [3.63, 3.8) is 0 Å². The first-order valence-electron chi connectivity index (χ1n) is 6.80. The number of likely N-dealkylation sites (tertiary alicyclic amines) is 1. The highest BCUT2D eigenvalue weighted by molar-refractivity contribution is 5.52. The van der Waals surface area contributed by atoms with E-state index in [0.717, 1.165) is 19.6 Å². The average Bonchev–Trinajstić information content (AvgIpc) is 3.09. The van der Waals surface area contributed by atoms with Gasteiger partial charge in [-0.2, -0.15) is 4.98 Å². The minimum Gasteiger partial charge on any atom is -0.334 e. The second-order valence-corrected chi connectivity index (χ2v) is 5.08. The fourth-order valence-electron chi connectivity index (χ4n) is 2.45. The largest absolute Gasteiger partial charge is 0.334 e. The Hall–Kier alpha value is -1.79. The van der Waals surface area contributed by atoms with E-state index in [4.69, 9.17) is 10.3 Å². The van der Waals surface area contributed by atoms with Crippen LogP contribution in [0.2, 0.25) is 0 Å². The van der Waals surface area contributed by atoms with Crippen LogP contribution in [0.1, 0.15) is 24.7 Å². The first-order valence-corrected chi connectivity index (χ1v) is 6.80. The van der Waals surface area contributed by atoms with Gasteiger partial charge >= 0.3 is 0 Å². The third kappa shape index (κ3) is 2.86. The van der Waals surface area contributed by atoms with Crippen molar-refractivity contribution in [2.24, 2.45) is 5.73 Å². The van der Waals surface area contributed by atoms with Gasteiger partial charge in [0.1, 0.15) is 5.82 Å². The molecule has 2 heterocycles. The molecule has 1 aromatic carbocycles. The Labute approximate surface area is 116 Å². The molecule has 1 aromatic heterocycles. The molecule has 0 saturated carbocycles. The zero-order valence-corrected chi connectivity index (χ0v) is 11.1. The van der Waals surface area contributed by atoms with Gasteiger partial charge in [-0.05, 0) is 44.1 Å². The zero-order valence-electron chi connectivity index (χ0n) is 11.1. The van der Waals surface area contributed by atoms with E-state index >= 15 is 0 Å². The summed E-state index contributed by atoms with van der Waals surface area (Å²) in [6.45, 7) is 2.87. The fraction of sp³-hybridized carbons (Fsp3) is 0.429. The monoisotopic (exact) mass is 276 g/mol. The van der Waals surface area contributed by atoms with Crippen molar-refractivity contribution < 1.29 is 8.91 Å². The predicted octanol–water partition coefficient (Wildman–Crippen LogP) is 1.97. The summed E-state index contributed by atoms with van der Waals surface area (Å²) in [5.41, 5.74) is 6.66. The summed E-state index contributed by atoms with van der Waals surface area (Å²) in [4.78, 5) is 6.56. The molecule has 0 amide bonds. The molecule has 1 saturated heterocycles. The SMILES string of the molecule is NC(CN1CCCC1)c1noc(-c2cccc(F)c2)n1. The summed E-state index contributed by atoms with van der Waals surface area (Å²) in [5.74, 6) is 0.441. The van der Waals surface area contributed by atoms with Crippen molar-refractivity contribution in [3.05, 3.63) is 35.9 Å². The van der Waals surface area contributed by atoms with Gasteiger partial charge in [0.05, 0.1) is 6.04 Å². The van der Waals surface area contributed by atoms with Crippen LogP contribution in [-0.2, 0) is 0 Å². The lowest BCUT2D eigenvalue weighted by molar-refractivity contribution is 0.306. The number of hydrogen-bond acceptors (Lipinski definition) is 5. The summed E-state index contributed by atoms with van der Waals surface area (Å²) >= 11 is 0. The molecule has 1 aliphatic heterocycles. The van der Waals surface area contributed by atoms with E-state index < -0.39 is 0 Å². The summed E-state index contributed by atoms with van der Waals surface area (Å²) in [6, 6.07) is 5.80. The van der Waals surface area contributed by atoms with E-state index in [9.17, 15) is 4.39 Å². The number of nitrogens with two attached hydrogens (primary N) is 1. The molecule has 20 heavy (non-hydrogen) atoms. The first-order chi connectivity index (χ1) is 9.72. The molecule has 1 unspecified atom stereocenters. The molecule has 1 aliphatic rings. The minimum atomic E-state index is -0.330. The van der Waals surface area contributed by atoms with E-state index in [-0.39, 0.29) is 11.9 Å². The van der Waals surface area contributed by atoms with Gasteiger partial charge < -0.3 is 15.2 Å². The molecule has 6 heteroatoms. The smallest absolute Gasteiger partial charge is 0.258 e. The van der Waals surface area contributed by atoms with Crippen LogP contribution in [0.3, 0.4) is 0 Å². The fourth-order valence-corrected chi connectivity index (χ4v) is 2.45. The molecular formula is C14H17FN4O. The number of aromatic nitrogens is 2. The zero-order chi connectivity index (χ0) is 13.9. The second kappa shape index (κ2) is 5.68. The summed E-state index contributed by atoms with van der Waals surface area (Å²) in [5, 5.41) is 3.90. The lowest BCUT2D eigenvalue weighted by Crippen LogP contribution is -2.30. The molecule has 1 fully saturated rings. The van der Waals surface area contributed by atoms with Gasteiger partial charge in [-0.1, -0.05) is 11.2 Å². The predicted molar refractivity (Wildman–Crippen MR) is 72.3 cm³/mol. The Kier molecular flexibility index (Phi) is 3.75. The molecule has 2 N–H and O–H groups in total. The first kappa shape index (κ1) is 13.2. The van der Waals surface area contributed by atoms with Crippen LogP contribution in [0.5, 0.6) is 0 Å². The Morgan fingerprint density at radius 2 is 2.15 bits per heavy atom. The molecule has 1 atom stereocenters. The number of rotatable bonds is 4. The van der Waals surface area contributed by atoms with Gasteiger partial charge in [-0.25, -0.2) is 4.39 Å². The molecule has 0 aliphatic carbocycles. The average molecular weight is 276 g/mol. The van der Waals surface area contributed by atoms with Crippen LogP contribution in [0.25, 0.3) is 11.5 Å². The van der Waals surface area contributed by atoms with Crippen LogP contribution in [0.4, 0.5) is 4.39 Å². The number of benzene rings is 1. The maximum atomic E-state index is 13.2. The third-order valence-corrected chi connectivity index (χ3v) is 3.50. The van der Waals surface area contributed by atoms with Gasteiger partial charge in [0, 0.05) is 12.1 Å². The highest BCUT2D eigenvalue weighted by atomic mass is 19.1. The Bertz CT molecular complexity index is 580. The van der Waals surface area contributed by atoms with Crippen molar-refractivity contribution in [2.75, 3.05) is 19.6 Å². The normalized spacial score (nSPS) is 17.5. The highest BCUT2D eigenvalue weighted by Crippen LogP contribution is 2.20. The topological polar surface area (TPSA) is 68.2 Å². The van der Waals surface area contributed by atoms with Crippen molar-refractivity contribution in [1.82, 2.24) is 15.0 Å². The van der Waals surface area contributed by atoms with Crippen molar-refractivity contribution in [2.45, 2.75) is 18.9 Å². The van der Waals surface area contributed by atoms with E-state index in [2.05, 4.69) is 15.0 Å². The van der Waals surface area contributed by atoms with Gasteiger partial charge in [-0.3, -0.25) is 0 Å². The molecule has 106 valence electrons. The standard InChI is InChI=1S/C14H17FN4O/c15-11-5-3-4-10(8-11)14-17-13(18-20-14)12(16)9-19-6-1-2-7-19/h3-5,8,12H,1-2,6-7,9,16H2. The van der Waals surface area contributed by atoms with Crippen LogP contribution in [-0.4, -0.2) is 34.7 Å². The summed E-state index contributed by atoms with van der Waals surface area (Å²) in [6.07, 6.45) is 2.43. The van der Waals surface area contributed by atoms with E-state index in [1.54, 1.807) is 12.1 Å². The third-order valence-electron chi connectivity index (χ3n) is 3.50. The summed E-state index contributed by atoms with van der Waals surface area (Å²) < 4.78 is 18.3. The molecule has 0 spiro atoms. The molecule has 2 aromatic rings. The van der Waals surface area contributed by atoms with E-state index in [1.807, 2.05) is 0 Å². The highest BCUT2D eigenvalue weighted by Gasteiger charge is 2.20. The van der Waals surface area contributed by atoms with Gasteiger partial charge in [-0.15, -0.1) is 0 Å². The van der Waals surface area contributed by atoms with E-state index in [0.29, 0.717) is 17.3 Å². The van der Waals surface area contributed by atoms with Gasteiger partial charge in [0.2, 0.25) is 0 Å². The van der Waals surface area contributed by atoms with Crippen molar-refractivity contribution in [1.29, 1.82) is 0 Å². The molecular weight excluding hydrogens is 259 g/mol. The Morgan fingerprint density at radius 3 is 2.90 bits per heavy atom. The summed E-state index contributed by atoms with van der Waals surface area (Å²) in [7, 11) is 0. The van der Waals surface area contributed by atoms with E-state index in [1.165, 1.54) is 25.0 Å². The quantitative estimate of drug-likeness (QED) is 0.924. The second-order valence-electron chi connectivity index (χ2n) is 5.08. The van der Waals surface area contributed by atoms with Crippen molar-refractivity contribution in [3.8, 4) is 11.5 Å². The maximum Gasteiger partial charge on any atom is 0.258 e. The molecule has 3 rings (SSSR count). The van der Waals surface area contributed by atoms with Crippen LogP contribution in [0, 0.1) is 5.82 Å². The molecule has 0 radical (unpaired) electrons. The van der Waals surface area contributed by atoms with Gasteiger partial charge in [0.25, 0.3) is 5.89 Å². The lowest BCUT2D eigenvalue weighted by atomic mass is 10.2. The number of nitrogens with zero attached hydrogens (tertiary/aromatic N) is 3. The molecule has 0 bridgehead atoms.